The van der Waals surface area contributed by atoms with Crippen molar-refractivity contribution >= 4 is 33.9 Å². The van der Waals surface area contributed by atoms with E-state index in [0.717, 1.165) is 40.4 Å². The van der Waals surface area contributed by atoms with E-state index in [1.54, 1.807) is 6.92 Å². The van der Waals surface area contributed by atoms with Gasteiger partial charge in [-0.1, -0.05) is 11.8 Å². The highest BCUT2D eigenvalue weighted by Gasteiger charge is 2.53. The summed E-state index contributed by atoms with van der Waals surface area (Å²) in [7, 11) is 0. The number of aliphatic hydroxyl groups is 1. The lowest BCUT2D eigenvalue weighted by atomic mass is 9.88. The monoisotopic (exact) mass is 329 g/mol. The Bertz CT molecular complexity index is 762. The van der Waals surface area contributed by atoms with Crippen LogP contribution < -0.4 is 4.90 Å². The zero-order valence-electron chi connectivity index (χ0n) is 13.2. The number of hydrogen-bond acceptors (Lipinski definition) is 7. The lowest BCUT2D eigenvalue weighted by Crippen LogP contribution is -2.63. The second-order valence-electron chi connectivity index (χ2n) is 6.67. The van der Waals surface area contributed by atoms with Crippen molar-refractivity contribution in [3.05, 3.63) is 17.6 Å². The highest BCUT2D eigenvalue weighted by Crippen LogP contribution is 2.49. The summed E-state index contributed by atoms with van der Waals surface area (Å²) < 4.78 is 0. The van der Waals surface area contributed by atoms with Crippen molar-refractivity contribution in [3.8, 4) is 0 Å². The first-order chi connectivity index (χ1) is 10.9. The average molecular weight is 329 g/mol. The van der Waals surface area contributed by atoms with E-state index in [4.69, 9.17) is 10.8 Å². The van der Waals surface area contributed by atoms with Gasteiger partial charge in [-0.3, -0.25) is 5.41 Å². The minimum atomic E-state index is -0.561. The van der Waals surface area contributed by atoms with Gasteiger partial charge in [-0.15, -0.1) is 0 Å². The Labute approximate surface area is 139 Å². The van der Waals surface area contributed by atoms with E-state index in [0.29, 0.717) is 29.8 Å². The minimum absolute atomic E-state index is 0.420. The van der Waals surface area contributed by atoms with Crippen LogP contribution in [-0.4, -0.2) is 44.5 Å². The Hall–Kier alpha value is -1.73. The molecule has 7 heteroatoms. The van der Waals surface area contributed by atoms with Gasteiger partial charge in [-0.05, 0) is 38.2 Å². The Morgan fingerprint density at radius 3 is 2.65 bits per heavy atom. The van der Waals surface area contributed by atoms with Crippen molar-refractivity contribution in [1.82, 2.24) is 9.97 Å². The summed E-state index contributed by atoms with van der Waals surface area (Å²) in [5.41, 5.74) is 2.15. The van der Waals surface area contributed by atoms with Crippen molar-refractivity contribution < 1.29 is 5.11 Å². The number of thioether (sulfide) groups is 1. The molecular formula is C16H19N5OS. The molecule has 6 nitrogen and oxygen atoms in total. The number of β-amino-alcohol motifs (C(OH)–C–C–N with tert-alkyl or cyclic N) is 1. The molecule has 120 valence electrons. The molecule has 4 rings (SSSR count). The highest BCUT2D eigenvalue weighted by atomic mass is 32.2. The summed E-state index contributed by atoms with van der Waals surface area (Å²) in [6, 6.07) is 0. The number of rotatable bonds is 3. The first kappa shape index (κ1) is 14.8. The molecule has 2 aliphatic heterocycles. The van der Waals surface area contributed by atoms with Gasteiger partial charge in [0, 0.05) is 11.3 Å². The van der Waals surface area contributed by atoms with Crippen molar-refractivity contribution in [3.63, 3.8) is 0 Å². The number of aromatic nitrogens is 2. The summed E-state index contributed by atoms with van der Waals surface area (Å²) in [5, 5.41) is 27.0. The van der Waals surface area contributed by atoms with E-state index < -0.39 is 5.60 Å². The van der Waals surface area contributed by atoms with Crippen molar-refractivity contribution in [2.45, 2.75) is 37.2 Å². The largest absolute Gasteiger partial charge is 0.386 e. The van der Waals surface area contributed by atoms with Crippen LogP contribution in [0.5, 0.6) is 0 Å². The van der Waals surface area contributed by atoms with Gasteiger partial charge >= 0.3 is 0 Å². The maximum Gasteiger partial charge on any atom is 0.146 e. The summed E-state index contributed by atoms with van der Waals surface area (Å²) in [4.78, 5) is 11.7. The normalized spacial score (nSPS) is 24.3. The minimum Gasteiger partial charge on any atom is -0.386 e. The van der Waals surface area contributed by atoms with Crippen LogP contribution in [0.4, 0.5) is 5.82 Å². The van der Waals surface area contributed by atoms with Crippen LogP contribution in [0, 0.1) is 16.7 Å². The second-order valence-corrected chi connectivity index (χ2v) is 7.69. The summed E-state index contributed by atoms with van der Waals surface area (Å²) in [6.07, 6.45) is 3.76. The highest BCUT2D eigenvalue weighted by molar-refractivity contribution is 8.15. The molecule has 0 bridgehead atoms. The fourth-order valence-corrected chi connectivity index (χ4v) is 4.38. The van der Waals surface area contributed by atoms with Crippen molar-refractivity contribution in [1.29, 1.82) is 10.8 Å². The molecule has 0 spiro atoms. The van der Waals surface area contributed by atoms with Gasteiger partial charge in [0.2, 0.25) is 0 Å². The smallest absolute Gasteiger partial charge is 0.146 e. The van der Waals surface area contributed by atoms with Gasteiger partial charge in [-0.25, -0.2) is 9.97 Å². The van der Waals surface area contributed by atoms with Crippen LogP contribution >= 0.6 is 11.8 Å². The second kappa shape index (κ2) is 4.88. The van der Waals surface area contributed by atoms with Crippen LogP contribution in [0.1, 0.15) is 32.4 Å². The van der Waals surface area contributed by atoms with Crippen molar-refractivity contribution in [2.75, 3.05) is 18.0 Å². The SMILES string of the molecule is CC(=N)/C(C)=C1\C(=N)Sc2c1ncnc2N1CC(O)(C2CC2)C1. The standard InChI is InChI=1S/C16H19N5OS/c1-8(9(2)17)11-12-13(23-14(11)18)15(20-7-19-12)21-5-16(22,6-21)10-3-4-10/h7,10,17-18,22H,3-6H2,1-2H3/b11-8-,17-9?,18-14?. The van der Waals surface area contributed by atoms with Gasteiger partial charge in [0.1, 0.15) is 22.8 Å². The lowest BCUT2D eigenvalue weighted by Gasteiger charge is -2.48. The van der Waals surface area contributed by atoms with E-state index in [2.05, 4.69) is 14.9 Å². The fourth-order valence-electron chi connectivity index (χ4n) is 3.30. The Morgan fingerprint density at radius 1 is 1.35 bits per heavy atom. The molecular weight excluding hydrogens is 310 g/mol. The first-order valence-corrected chi connectivity index (χ1v) is 8.58. The number of nitrogens with one attached hydrogen (secondary N) is 2. The van der Waals surface area contributed by atoms with Crippen molar-refractivity contribution in [2.24, 2.45) is 5.92 Å². The molecule has 2 fully saturated rings. The molecule has 0 amide bonds. The maximum atomic E-state index is 10.5. The Morgan fingerprint density at radius 2 is 2.04 bits per heavy atom. The molecule has 0 atom stereocenters. The molecule has 1 aromatic heterocycles. The number of allylic oxidation sites excluding steroid dienone is 1. The van der Waals surface area contributed by atoms with Crippen LogP contribution in [0.25, 0.3) is 5.57 Å². The molecule has 3 aliphatic rings. The van der Waals surface area contributed by atoms with E-state index in [-0.39, 0.29) is 0 Å². The van der Waals surface area contributed by atoms with E-state index in [1.807, 2.05) is 6.92 Å². The zero-order chi connectivity index (χ0) is 16.4. The molecule has 3 N–H and O–H groups in total. The van der Waals surface area contributed by atoms with E-state index in [1.165, 1.54) is 18.1 Å². The third-order valence-corrected chi connectivity index (χ3v) is 5.94. The summed E-state index contributed by atoms with van der Waals surface area (Å²) in [5.74, 6) is 1.25. The van der Waals surface area contributed by atoms with Gasteiger partial charge in [-0.2, -0.15) is 0 Å². The first-order valence-electron chi connectivity index (χ1n) is 7.76. The third-order valence-electron chi connectivity index (χ3n) is 4.96. The predicted octanol–water partition coefficient (Wildman–Crippen LogP) is 2.33. The number of nitrogens with zero attached hydrogens (tertiary/aromatic N) is 3. The van der Waals surface area contributed by atoms with Crippen LogP contribution in [-0.2, 0) is 0 Å². The molecule has 1 aliphatic carbocycles. The fraction of sp³-hybridized carbons (Fsp3) is 0.500. The van der Waals surface area contributed by atoms with Gasteiger partial charge in [0.15, 0.2) is 0 Å². The van der Waals surface area contributed by atoms with Crippen LogP contribution in [0.3, 0.4) is 0 Å². The summed E-state index contributed by atoms with van der Waals surface area (Å²) in [6.45, 7) is 4.80. The van der Waals surface area contributed by atoms with Crippen LogP contribution in [0.2, 0.25) is 0 Å². The molecule has 23 heavy (non-hydrogen) atoms. The Kier molecular flexibility index (Phi) is 3.15. The van der Waals surface area contributed by atoms with Gasteiger partial charge in [0.05, 0.1) is 23.7 Å². The number of anilines is 1. The Balaban J connectivity index is 1.70. The van der Waals surface area contributed by atoms with Crippen LogP contribution in [0.15, 0.2) is 16.8 Å². The quantitative estimate of drug-likeness (QED) is 0.740. The van der Waals surface area contributed by atoms with Gasteiger partial charge in [0.25, 0.3) is 0 Å². The third kappa shape index (κ3) is 2.21. The van der Waals surface area contributed by atoms with Gasteiger partial charge < -0.3 is 15.4 Å². The summed E-state index contributed by atoms with van der Waals surface area (Å²) >= 11 is 1.35. The molecule has 0 unspecified atom stereocenters. The molecule has 1 aromatic rings. The predicted molar refractivity (Wildman–Crippen MR) is 91.5 cm³/mol. The molecule has 3 heterocycles. The molecule has 0 aromatic carbocycles. The maximum absolute atomic E-state index is 10.5. The molecule has 1 saturated heterocycles. The molecule has 1 saturated carbocycles. The van der Waals surface area contributed by atoms with E-state index in [9.17, 15) is 5.11 Å². The van der Waals surface area contributed by atoms with E-state index >= 15 is 0 Å². The topological polar surface area (TPSA) is 97.0 Å². The average Bonchev–Trinajstić information content (AvgIpc) is 3.26. The lowest BCUT2D eigenvalue weighted by molar-refractivity contribution is -0.0100. The zero-order valence-corrected chi connectivity index (χ0v) is 14.0. The molecule has 0 radical (unpaired) electrons. The number of hydrogen-bond donors (Lipinski definition) is 3. The number of fused-ring (bicyclic) bond motifs is 1.